The number of carbonyl (C=O) groups excluding carboxylic acids is 1. The molecule has 0 bridgehead atoms. The number of phosphoric acid groups is 1. The average Bonchev–Trinajstić information content (AvgIpc) is 3.25. The van der Waals surface area contributed by atoms with Gasteiger partial charge in [0, 0.05) is 19.6 Å². The second kappa shape index (κ2) is 49.2. The van der Waals surface area contributed by atoms with E-state index in [1.165, 1.54) is 135 Å². The largest absolute Gasteiger partial charge is 0.472 e. The molecule has 0 radical (unpaired) electrons. The number of nitrogens with two attached hydrogens (primary N) is 1. The van der Waals surface area contributed by atoms with E-state index in [0.717, 1.165) is 70.6 Å². The molecule has 0 rings (SSSR count). The van der Waals surface area contributed by atoms with Crippen molar-refractivity contribution in [2.45, 2.75) is 232 Å². The van der Waals surface area contributed by atoms with Gasteiger partial charge >= 0.3 is 13.8 Å². The lowest BCUT2D eigenvalue weighted by Crippen LogP contribution is -2.28. The number of hydrogen-bond donors (Lipinski definition) is 2. The lowest BCUT2D eigenvalue weighted by Gasteiger charge is -2.20. The van der Waals surface area contributed by atoms with Gasteiger partial charge in [0.05, 0.1) is 19.8 Å². The fraction of sp³-hybridized carbons (Fsp3) is 0.788. The molecule has 0 aliphatic rings. The van der Waals surface area contributed by atoms with Crippen molar-refractivity contribution in [1.29, 1.82) is 0 Å². The number of ether oxygens (including phenoxy) is 2. The van der Waals surface area contributed by atoms with E-state index in [1.54, 1.807) is 0 Å². The number of phosphoric ester groups is 1. The maximum Gasteiger partial charge on any atom is 0.472 e. The van der Waals surface area contributed by atoms with E-state index in [2.05, 4.69) is 74.6 Å². The van der Waals surface area contributed by atoms with Crippen LogP contribution in [0.25, 0.3) is 0 Å². The molecule has 0 heterocycles. The van der Waals surface area contributed by atoms with E-state index in [9.17, 15) is 14.3 Å². The molecule has 0 aromatic rings. The number of rotatable bonds is 48. The van der Waals surface area contributed by atoms with Gasteiger partial charge in [-0.1, -0.05) is 222 Å². The summed E-state index contributed by atoms with van der Waals surface area (Å²) in [6.45, 7) is 4.79. The number of esters is 1. The van der Waals surface area contributed by atoms with Crippen molar-refractivity contribution in [2.24, 2.45) is 5.73 Å². The monoisotopic (exact) mass is 878 g/mol. The summed E-state index contributed by atoms with van der Waals surface area (Å²) >= 11 is 0. The molecule has 61 heavy (non-hydrogen) atoms. The molecule has 0 aliphatic heterocycles. The average molecular weight is 878 g/mol. The van der Waals surface area contributed by atoms with Crippen molar-refractivity contribution in [3.63, 3.8) is 0 Å². The molecule has 0 saturated carbocycles. The van der Waals surface area contributed by atoms with Crippen LogP contribution in [0.4, 0.5) is 0 Å². The Labute approximate surface area is 376 Å². The molecule has 9 heteroatoms. The molecule has 0 aromatic heterocycles. The summed E-state index contributed by atoms with van der Waals surface area (Å²) in [5.74, 6) is -0.359. The summed E-state index contributed by atoms with van der Waals surface area (Å²) in [7, 11) is -4.29. The first kappa shape index (κ1) is 59.2. The number of hydrogen-bond acceptors (Lipinski definition) is 7. The molecular formula is C52H96NO7P. The molecular weight excluding hydrogens is 782 g/mol. The van der Waals surface area contributed by atoms with Crippen molar-refractivity contribution < 1.29 is 32.8 Å². The Morgan fingerprint density at radius 3 is 1.36 bits per heavy atom. The van der Waals surface area contributed by atoms with Gasteiger partial charge in [-0.3, -0.25) is 13.8 Å². The van der Waals surface area contributed by atoms with Crippen LogP contribution in [0.1, 0.15) is 226 Å². The Hall–Kier alpha value is -1.80. The van der Waals surface area contributed by atoms with E-state index in [-0.39, 0.29) is 38.8 Å². The van der Waals surface area contributed by atoms with Gasteiger partial charge in [-0.15, -0.1) is 0 Å². The number of carbonyl (C=O) groups is 1. The van der Waals surface area contributed by atoms with Gasteiger partial charge in [0.25, 0.3) is 0 Å². The summed E-state index contributed by atoms with van der Waals surface area (Å²) in [4.78, 5) is 22.6. The molecule has 0 amide bonds. The van der Waals surface area contributed by atoms with Crippen LogP contribution in [0.3, 0.4) is 0 Å². The SMILES string of the molecule is CC/C=C\C/C=C\C/C=C\C/C=C\C/C=C\CCCCCC(=O)OC(COCCCCCCCCCCCCCCCCCCCCCCCCC)COP(=O)(O)OCCN. The topological polar surface area (TPSA) is 117 Å². The van der Waals surface area contributed by atoms with Crippen molar-refractivity contribution in [1.82, 2.24) is 0 Å². The van der Waals surface area contributed by atoms with Gasteiger partial charge in [-0.2, -0.15) is 0 Å². The fourth-order valence-electron chi connectivity index (χ4n) is 7.02. The van der Waals surface area contributed by atoms with Crippen molar-refractivity contribution in [3.05, 3.63) is 60.8 Å². The third-order valence-corrected chi connectivity index (χ3v) is 11.7. The molecule has 8 nitrogen and oxygen atoms in total. The quantitative estimate of drug-likeness (QED) is 0.0269. The van der Waals surface area contributed by atoms with Crippen LogP contribution in [-0.4, -0.2) is 49.9 Å². The normalized spacial score (nSPS) is 13.8. The van der Waals surface area contributed by atoms with Crippen molar-refractivity contribution in [3.8, 4) is 0 Å². The Balaban J connectivity index is 3.98. The fourth-order valence-corrected chi connectivity index (χ4v) is 7.79. The highest BCUT2D eigenvalue weighted by molar-refractivity contribution is 7.47. The zero-order valence-corrected chi connectivity index (χ0v) is 40.5. The zero-order valence-electron chi connectivity index (χ0n) is 39.6. The van der Waals surface area contributed by atoms with Crippen LogP contribution in [-0.2, 0) is 27.9 Å². The Bertz CT molecular complexity index is 1120. The van der Waals surface area contributed by atoms with Gasteiger partial charge in [-0.25, -0.2) is 4.57 Å². The van der Waals surface area contributed by atoms with E-state index in [1.807, 2.05) is 0 Å². The molecule has 3 N–H and O–H groups in total. The third kappa shape index (κ3) is 49.1. The highest BCUT2D eigenvalue weighted by atomic mass is 31.2. The maximum absolute atomic E-state index is 12.6. The number of unbranched alkanes of at least 4 members (excludes halogenated alkanes) is 25. The van der Waals surface area contributed by atoms with E-state index in [4.69, 9.17) is 24.3 Å². The predicted molar refractivity (Wildman–Crippen MR) is 261 cm³/mol. The summed E-state index contributed by atoms with van der Waals surface area (Å²) in [5, 5.41) is 0. The lowest BCUT2D eigenvalue weighted by atomic mass is 10.0. The molecule has 0 spiro atoms. The van der Waals surface area contributed by atoms with Crippen LogP contribution in [0.15, 0.2) is 60.8 Å². The molecule has 356 valence electrons. The van der Waals surface area contributed by atoms with Gasteiger partial charge in [-0.05, 0) is 57.8 Å². The highest BCUT2D eigenvalue weighted by Gasteiger charge is 2.25. The minimum absolute atomic E-state index is 0.0933. The van der Waals surface area contributed by atoms with Gasteiger partial charge in [0.2, 0.25) is 0 Å². The van der Waals surface area contributed by atoms with Crippen LogP contribution in [0.2, 0.25) is 0 Å². The Morgan fingerprint density at radius 1 is 0.508 bits per heavy atom. The summed E-state index contributed by atoms with van der Waals surface area (Å²) in [6.07, 6.45) is 61.2. The van der Waals surface area contributed by atoms with Crippen LogP contribution >= 0.6 is 7.82 Å². The van der Waals surface area contributed by atoms with Crippen LogP contribution in [0.5, 0.6) is 0 Å². The smallest absolute Gasteiger partial charge is 0.457 e. The molecule has 0 fully saturated rings. The van der Waals surface area contributed by atoms with E-state index < -0.39 is 13.9 Å². The second-order valence-corrected chi connectivity index (χ2v) is 18.1. The van der Waals surface area contributed by atoms with Gasteiger partial charge in [0.15, 0.2) is 0 Å². The summed E-state index contributed by atoms with van der Waals surface area (Å²) in [6, 6.07) is 0. The van der Waals surface area contributed by atoms with Gasteiger partial charge in [0.1, 0.15) is 6.10 Å². The minimum atomic E-state index is -4.29. The zero-order chi connectivity index (χ0) is 44.4. The summed E-state index contributed by atoms with van der Waals surface area (Å²) in [5.41, 5.74) is 5.38. The number of allylic oxidation sites excluding steroid dienone is 10. The first-order valence-electron chi connectivity index (χ1n) is 25.3. The molecule has 0 aliphatic carbocycles. The summed E-state index contributed by atoms with van der Waals surface area (Å²) < 4.78 is 33.5. The van der Waals surface area contributed by atoms with Crippen molar-refractivity contribution >= 4 is 13.8 Å². The van der Waals surface area contributed by atoms with Crippen LogP contribution in [0, 0.1) is 0 Å². The highest BCUT2D eigenvalue weighted by Crippen LogP contribution is 2.43. The van der Waals surface area contributed by atoms with E-state index in [0.29, 0.717) is 6.61 Å². The first-order chi connectivity index (χ1) is 29.9. The first-order valence-corrected chi connectivity index (χ1v) is 26.8. The molecule has 2 unspecified atom stereocenters. The molecule has 0 aromatic carbocycles. The van der Waals surface area contributed by atoms with Gasteiger partial charge < -0.3 is 20.1 Å². The Kier molecular flexibility index (Phi) is 47.8. The second-order valence-electron chi connectivity index (χ2n) is 16.7. The Morgan fingerprint density at radius 2 is 0.918 bits per heavy atom. The minimum Gasteiger partial charge on any atom is -0.457 e. The van der Waals surface area contributed by atoms with Crippen LogP contribution < -0.4 is 5.73 Å². The predicted octanol–water partition coefficient (Wildman–Crippen LogP) is 15.7. The van der Waals surface area contributed by atoms with E-state index >= 15 is 0 Å². The standard InChI is InChI=1S/C52H96NO7P/c1-3-5-7-9-11-13-15-17-19-21-23-24-25-26-28-30-32-34-36-38-40-42-44-47-57-49-51(50-59-61(55,56)58-48-46-53)60-52(54)45-43-41-39-37-35-33-31-29-27-22-20-18-16-14-12-10-8-6-4-2/h6,8,12,14,18,20,27,29,33,35,51H,3-5,7,9-11,13,15-17,19,21-26,28,30-32,34,36-50,53H2,1-2H3,(H,55,56)/b8-6-,14-12-,20-18-,29-27-,35-33-. The molecule has 0 saturated heterocycles. The van der Waals surface area contributed by atoms with Crippen molar-refractivity contribution in [2.75, 3.05) is 33.0 Å². The third-order valence-electron chi connectivity index (χ3n) is 10.7. The maximum atomic E-state index is 12.6. The molecule has 2 atom stereocenters. The lowest BCUT2D eigenvalue weighted by molar-refractivity contribution is -0.154.